The highest BCUT2D eigenvalue weighted by Crippen LogP contribution is 2.16. The van der Waals surface area contributed by atoms with Crippen LogP contribution in [0.1, 0.15) is 32.1 Å². The number of rotatable bonds is 14. The lowest BCUT2D eigenvalue weighted by atomic mass is 10.1. The Morgan fingerprint density at radius 1 is 0.613 bits per heavy atom. The first-order valence-corrected chi connectivity index (χ1v) is 11.1. The maximum Gasteiger partial charge on any atom is 0.257 e. The van der Waals surface area contributed by atoms with Crippen LogP contribution in [-0.4, -0.2) is 38.1 Å². The van der Waals surface area contributed by atoms with Crippen LogP contribution in [-0.2, 0) is 9.59 Å². The van der Waals surface area contributed by atoms with Gasteiger partial charge in [0.1, 0.15) is 11.5 Å². The summed E-state index contributed by atoms with van der Waals surface area (Å²) in [5.74, 6) is 0.948. The lowest BCUT2D eigenvalue weighted by molar-refractivity contribution is -0.123. The molecule has 0 atom stereocenters. The van der Waals surface area contributed by atoms with Gasteiger partial charge in [-0.15, -0.1) is 0 Å². The zero-order chi connectivity index (χ0) is 22.3. The van der Waals surface area contributed by atoms with E-state index in [9.17, 15) is 9.59 Å². The predicted molar refractivity (Wildman–Crippen MR) is 123 cm³/mol. The molecule has 8 heteroatoms. The van der Waals surface area contributed by atoms with E-state index in [1.807, 2.05) is 0 Å². The van der Waals surface area contributed by atoms with Crippen LogP contribution in [0, 0.1) is 0 Å². The van der Waals surface area contributed by atoms with Gasteiger partial charge in [0.2, 0.25) is 0 Å². The Morgan fingerprint density at radius 3 is 1.35 bits per heavy atom. The van der Waals surface area contributed by atoms with Gasteiger partial charge in [-0.05, 0) is 61.4 Å². The summed E-state index contributed by atoms with van der Waals surface area (Å²) in [5, 5.41) is 6.94. The molecule has 0 radical (unpaired) electrons. The predicted octanol–water partition coefficient (Wildman–Crippen LogP) is 4.63. The van der Waals surface area contributed by atoms with Gasteiger partial charge in [0.15, 0.2) is 13.2 Å². The summed E-state index contributed by atoms with van der Waals surface area (Å²) in [5.41, 5.74) is 0. The minimum atomic E-state index is -0.140. The SMILES string of the molecule is O=C(COc1ccc(Cl)cc1)NCCCCCCCNC(=O)COc1ccc(Cl)cc1. The maximum atomic E-state index is 11.8. The summed E-state index contributed by atoms with van der Waals surface area (Å²) < 4.78 is 10.8. The molecule has 0 spiro atoms. The second kappa shape index (κ2) is 14.5. The lowest BCUT2D eigenvalue weighted by Gasteiger charge is -2.08. The molecule has 2 aromatic carbocycles. The van der Waals surface area contributed by atoms with Crippen LogP contribution in [0.5, 0.6) is 11.5 Å². The highest BCUT2D eigenvalue weighted by Gasteiger charge is 2.04. The van der Waals surface area contributed by atoms with E-state index in [-0.39, 0.29) is 25.0 Å². The van der Waals surface area contributed by atoms with Crippen molar-refractivity contribution in [1.82, 2.24) is 10.6 Å². The third kappa shape index (κ3) is 11.5. The minimum Gasteiger partial charge on any atom is -0.484 e. The van der Waals surface area contributed by atoms with Gasteiger partial charge in [-0.25, -0.2) is 0 Å². The molecule has 0 bridgehead atoms. The molecule has 2 aromatic rings. The first kappa shape index (κ1) is 24.8. The molecule has 2 amide bonds. The van der Waals surface area contributed by atoms with Gasteiger partial charge in [0, 0.05) is 23.1 Å². The fourth-order valence-electron chi connectivity index (χ4n) is 2.70. The van der Waals surface area contributed by atoms with Crippen molar-refractivity contribution in [1.29, 1.82) is 0 Å². The Balaban J connectivity index is 1.38. The standard InChI is InChI=1S/C23H28Cl2N2O4/c24-18-6-10-20(11-7-18)30-16-22(28)26-14-4-2-1-3-5-15-27-23(29)17-31-21-12-8-19(25)9-13-21/h6-13H,1-5,14-17H2,(H,26,28)(H,27,29). The van der Waals surface area contributed by atoms with Crippen LogP contribution in [0.3, 0.4) is 0 Å². The molecule has 0 fully saturated rings. The van der Waals surface area contributed by atoms with Gasteiger partial charge in [0.25, 0.3) is 11.8 Å². The van der Waals surface area contributed by atoms with Crippen LogP contribution in [0.15, 0.2) is 48.5 Å². The zero-order valence-corrected chi connectivity index (χ0v) is 18.9. The smallest absolute Gasteiger partial charge is 0.257 e. The average Bonchev–Trinajstić information content (AvgIpc) is 2.77. The number of hydrogen-bond acceptors (Lipinski definition) is 4. The molecule has 0 aliphatic rings. The Bertz CT molecular complexity index is 731. The molecule has 0 aliphatic heterocycles. The van der Waals surface area contributed by atoms with Gasteiger partial charge in [-0.3, -0.25) is 9.59 Å². The lowest BCUT2D eigenvalue weighted by Crippen LogP contribution is -2.30. The summed E-state index contributed by atoms with van der Waals surface area (Å²) in [6.45, 7) is 1.23. The summed E-state index contributed by atoms with van der Waals surface area (Å²) >= 11 is 11.6. The van der Waals surface area contributed by atoms with Crippen molar-refractivity contribution in [3.05, 3.63) is 58.6 Å². The van der Waals surface area contributed by atoms with E-state index in [1.54, 1.807) is 48.5 Å². The summed E-state index contributed by atoms with van der Waals surface area (Å²) in [6.07, 6.45) is 4.91. The molecule has 168 valence electrons. The molecule has 0 saturated carbocycles. The topological polar surface area (TPSA) is 76.7 Å². The molecule has 0 aromatic heterocycles. The number of halogens is 2. The fraction of sp³-hybridized carbons (Fsp3) is 0.391. The first-order chi connectivity index (χ1) is 15.0. The number of hydrogen-bond donors (Lipinski definition) is 2. The van der Waals surface area contributed by atoms with Crippen molar-refractivity contribution in [3.63, 3.8) is 0 Å². The number of unbranched alkanes of at least 4 members (excludes halogenated alkanes) is 4. The Morgan fingerprint density at radius 2 is 0.968 bits per heavy atom. The van der Waals surface area contributed by atoms with Gasteiger partial charge in [-0.1, -0.05) is 42.5 Å². The quantitative estimate of drug-likeness (QED) is 0.397. The molecular weight excluding hydrogens is 439 g/mol. The Labute approximate surface area is 193 Å². The monoisotopic (exact) mass is 466 g/mol. The molecule has 2 N–H and O–H groups in total. The second-order valence-electron chi connectivity index (χ2n) is 6.95. The minimum absolute atomic E-state index is 0.0108. The van der Waals surface area contributed by atoms with Crippen LogP contribution in [0.4, 0.5) is 0 Å². The van der Waals surface area contributed by atoms with Gasteiger partial charge < -0.3 is 20.1 Å². The fourth-order valence-corrected chi connectivity index (χ4v) is 2.95. The van der Waals surface area contributed by atoms with E-state index in [0.717, 1.165) is 32.1 Å². The van der Waals surface area contributed by atoms with Crippen LogP contribution in [0.2, 0.25) is 10.0 Å². The van der Waals surface area contributed by atoms with Gasteiger partial charge in [-0.2, -0.15) is 0 Å². The number of ether oxygens (including phenoxy) is 2. The number of carbonyl (C=O) groups is 2. The second-order valence-corrected chi connectivity index (χ2v) is 7.83. The Hall–Kier alpha value is -2.44. The molecular formula is C23H28Cl2N2O4. The van der Waals surface area contributed by atoms with E-state index < -0.39 is 0 Å². The summed E-state index contributed by atoms with van der Waals surface area (Å²) in [6, 6.07) is 13.8. The van der Waals surface area contributed by atoms with E-state index in [0.29, 0.717) is 34.6 Å². The Kier molecular flexibility index (Phi) is 11.6. The summed E-state index contributed by atoms with van der Waals surface area (Å²) in [4.78, 5) is 23.5. The van der Waals surface area contributed by atoms with Crippen molar-refractivity contribution in [2.75, 3.05) is 26.3 Å². The summed E-state index contributed by atoms with van der Waals surface area (Å²) in [7, 11) is 0. The largest absolute Gasteiger partial charge is 0.484 e. The first-order valence-electron chi connectivity index (χ1n) is 10.3. The van der Waals surface area contributed by atoms with Crippen molar-refractivity contribution in [3.8, 4) is 11.5 Å². The van der Waals surface area contributed by atoms with Crippen molar-refractivity contribution in [2.24, 2.45) is 0 Å². The van der Waals surface area contributed by atoms with Crippen molar-refractivity contribution < 1.29 is 19.1 Å². The highest BCUT2D eigenvalue weighted by molar-refractivity contribution is 6.30. The zero-order valence-electron chi connectivity index (χ0n) is 17.4. The molecule has 0 unspecified atom stereocenters. The molecule has 0 heterocycles. The number of nitrogens with one attached hydrogen (secondary N) is 2. The van der Waals surface area contributed by atoms with Crippen LogP contribution >= 0.6 is 23.2 Å². The molecule has 0 saturated heterocycles. The molecule has 6 nitrogen and oxygen atoms in total. The van der Waals surface area contributed by atoms with E-state index in [2.05, 4.69) is 10.6 Å². The van der Waals surface area contributed by atoms with E-state index in [4.69, 9.17) is 32.7 Å². The van der Waals surface area contributed by atoms with E-state index in [1.165, 1.54) is 0 Å². The van der Waals surface area contributed by atoms with Crippen molar-refractivity contribution in [2.45, 2.75) is 32.1 Å². The average molecular weight is 467 g/mol. The molecule has 2 rings (SSSR count). The van der Waals surface area contributed by atoms with Crippen LogP contribution in [0.25, 0.3) is 0 Å². The van der Waals surface area contributed by atoms with Gasteiger partial charge >= 0.3 is 0 Å². The third-order valence-electron chi connectivity index (χ3n) is 4.37. The normalized spacial score (nSPS) is 10.4. The molecule has 0 aliphatic carbocycles. The number of carbonyl (C=O) groups excluding carboxylic acids is 2. The maximum absolute atomic E-state index is 11.8. The van der Waals surface area contributed by atoms with Crippen LogP contribution < -0.4 is 20.1 Å². The highest BCUT2D eigenvalue weighted by atomic mass is 35.5. The van der Waals surface area contributed by atoms with E-state index >= 15 is 0 Å². The van der Waals surface area contributed by atoms with Gasteiger partial charge in [0.05, 0.1) is 0 Å². The number of amides is 2. The third-order valence-corrected chi connectivity index (χ3v) is 4.87. The van der Waals surface area contributed by atoms with Crippen molar-refractivity contribution >= 4 is 35.0 Å². The molecule has 31 heavy (non-hydrogen) atoms. The number of benzene rings is 2.